The molecule has 0 unspecified atom stereocenters. The van der Waals surface area contributed by atoms with Crippen LogP contribution < -0.4 is 21.7 Å². The number of nitrogen functional groups attached to an aromatic ring is 1. The molecule has 0 aliphatic carbocycles. The highest BCUT2D eigenvalue weighted by atomic mass is 19.2. The molecule has 4 heterocycles. The maximum Gasteiger partial charge on any atom is 0.341 e. The predicted octanol–water partition coefficient (Wildman–Crippen LogP) is 12.8. The van der Waals surface area contributed by atoms with Crippen molar-refractivity contribution in [1.29, 1.82) is 0 Å². The number of azide groups is 1. The third kappa shape index (κ3) is 14.1. The van der Waals surface area contributed by atoms with Crippen LogP contribution in [-0.4, -0.2) is 54.6 Å². The molecule has 2 aliphatic rings. The van der Waals surface area contributed by atoms with E-state index in [1.54, 1.807) is 42.7 Å². The van der Waals surface area contributed by atoms with E-state index in [-0.39, 0.29) is 42.0 Å². The molecular weight excluding hydrogens is 1170 g/mol. The van der Waals surface area contributed by atoms with Crippen LogP contribution in [-0.2, 0) is 24.3 Å². The van der Waals surface area contributed by atoms with Gasteiger partial charge in [-0.2, -0.15) is 0 Å². The van der Waals surface area contributed by atoms with Gasteiger partial charge >= 0.3 is 5.97 Å². The van der Waals surface area contributed by atoms with Crippen LogP contribution in [0.25, 0.3) is 55.5 Å². The van der Waals surface area contributed by atoms with Gasteiger partial charge in [-0.25, -0.2) is 63.1 Å². The average Bonchev–Trinajstić information content (AvgIpc) is 1.78. The van der Waals surface area contributed by atoms with E-state index in [0.29, 0.717) is 105 Å². The second kappa shape index (κ2) is 26.6. The third-order valence-corrected chi connectivity index (χ3v) is 12.7. The molecule has 7 aromatic carbocycles. The van der Waals surface area contributed by atoms with E-state index < -0.39 is 98.6 Å². The first-order valence-electron chi connectivity index (χ1n) is 24.7. The van der Waals surface area contributed by atoms with Crippen LogP contribution in [0.1, 0.15) is 70.9 Å². The van der Waals surface area contributed by atoms with Crippen LogP contribution in [0, 0.1) is 77.8 Å². The van der Waals surface area contributed by atoms with Crippen LogP contribution in [0.15, 0.2) is 115 Å². The summed E-state index contributed by atoms with van der Waals surface area (Å²) in [5.74, 6) is -15.9. The maximum atomic E-state index is 15.2. The quantitative estimate of drug-likeness (QED) is 0.0238. The Kier molecular flexibility index (Phi) is 19.3. The second-order valence-electron chi connectivity index (χ2n) is 18.5. The summed E-state index contributed by atoms with van der Waals surface area (Å²) < 4.78 is 145. The van der Waals surface area contributed by atoms with Crippen LogP contribution in [0.3, 0.4) is 0 Å². The molecule has 2 aliphatic heterocycles. The summed E-state index contributed by atoms with van der Waals surface area (Å²) in [5.41, 5.74) is 18.4. The highest BCUT2D eigenvalue weighted by Crippen LogP contribution is 2.38. The van der Waals surface area contributed by atoms with Gasteiger partial charge in [0.25, 0.3) is 17.7 Å². The monoisotopic (exact) mass is 1220 g/mol. The van der Waals surface area contributed by atoms with E-state index in [0.717, 1.165) is 23.0 Å². The van der Waals surface area contributed by atoms with Gasteiger partial charge in [0.15, 0.2) is 11.6 Å². The lowest BCUT2D eigenvalue weighted by atomic mass is 9.92. The molecule has 0 radical (unpaired) electrons. The minimum Gasteiger partial charge on any atom is -0.477 e. The summed E-state index contributed by atoms with van der Waals surface area (Å²) in [4.78, 5) is 75.0. The number of carboxylic acids is 1. The smallest absolute Gasteiger partial charge is 0.341 e. The molecule has 2 aromatic heterocycles. The molecule has 87 heavy (non-hydrogen) atoms. The lowest BCUT2D eigenvalue weighted by molar-refractivity contribution is -0.115. The molecule has 0 fully saturated rings. The topological polar surface area (TPSA) is 274 Å². The Morgan fingerprint density at radius 2 is 0.989 bits per heavy atom. The van der Waals surface area contributed by atoms with Gasteiger partial charge in [-0.1, -0.05) is 24.3 Å². The Bertz CT molecular complexity index is 4240. The number of halogens is 12. The van der Waals surface area contributed by atoms with Crippen molar-refractivity contribution in [2.45, 2.75) is 33.4 Å². The number of nitrogens with zero attached hydrogens (tertiary/aromatic N) is 5. The minimum absolute atomic E-state index is 0. The van der Waals surface area contributed by atoms with Crippen molar-refractivity contribution in [3.8, 4) is 45.0 Å². The number of aromatic amines is 2. The Labute approximate surface area is 482 Å². The predicted molar refractivity (Wildman–Crippen MR) is 291 cm³/mol. The van der Waals surface area contributed by atoms with E-state index in [1.807, 2.05) is 25.2 Å². The molecular formula is C58H41F12N11O6. The van der Waals surface area contributed by atoms with Crippen LogP contribution in [0.4, 0.5) is 64.4 Å². The van der Waals surface area contributed by atoms with Gasteiger partial charge in [-0.3, -0.25) is 23.9 Å². The summed E-state index contributed by atoms with van der Waals surface area (Å²) in [6.07, 6.45) is 2.99. The highest BCUT2D eigenvalue weighted by Gasteiger charge is 2.30. The Morgan fingerprint density at radius 3 is 1.39 bits per heavy atom. The highest BCUT2D eigenvalue weighted by molar-refractivity contribution is 6.07. The Hall–Kier alpha value is -11.2. The average molecular weight is 1220 g/mol. The number of carboxylic acid groups (broad SMARTS) is 1. The summed E-state index contributed by atoms with van der Waals surface area (Å²) in [6.45, 7) is 4.32. The molecule has 11 rings (SSSR count). The molecule has 0 spiro atoms. The molecule has 8 N–H and O–H groups in total. The van der Waals surface area contributed by atoms with Crippen molar-refractivity contribution in [3.05, 3.63) is 234 Å². The SMILES string of the molecule is Cc1cnc(-c2ccc(-c3ccc(CC(=O)Nc4c(F)cc(F)cc4F)cc3F)c3c2C(=O)NC3)[nH]1.Cc1cnc(-c2ccc(-c3ccc(N)cc3F)c3c2C(=O)NC3)[nH]1.F.O=C(O)c1c(F)cc(F)cc1F.[2HH].[N-]=[N+]=NC(=O)c1c(F)cc(F)cc1F. The molecule has 0 saturated heterocycles. The van der Waals surface area contributed by atoms with E-state index in [9.17, 15) is 67.9 Å². The number of aromatic carboxylic acids is 1. The van der Waals surface area contributed by atoms with Gasteiger partial charge in [0.1, 0.15) is 75.3 Å². The first-order valence-corrected chi connectivity index (χ1v) is 24.7. The van der Waals surface area contributed by atoms with Gasteiger partial charge in [0, 0.05) is 108 Å². The molecule has 0 atom stereocenters. The number of aryl methyl sites for hydroxylation is 2. The number of nitrogens with one attached hydrogen (secondary N) is 5. The van der Waals surface area contributed by atoms with Crippen LogP contribution >= 0.6 is 0 Å². The summed E-state index contributed by atoms with van der Waals surface area (Å²) in [5, 5.41) is 18.3. The van der Waals surface area contributed by atoms with Gasteiger partial charge < -0.3 is 36.8 Å². The molecule has 448 valence electrons. The number of imidazole rings is 2. The van der Waals surface area contributed by atoms with Crippen molar-refractivity contribution in [2.24, 2.45) is 5.11 Å². The summed E-state index contributed by atoms with van der Waals surface area (Å²) in [6, 6.07) is 17.9. The van der Waals surface area contributed by atoms with Gasteiger partial charge in [-0.15, -0.1) is 0 Å². The number of carbonyl (C=O) groups excluding carboxylic acids is 4. The van der Waals surface area contributed by atoms with Gasteiger partial charge in [0.05, 0.1) is 23.1 Å². The fraction of sp³-hybridized carbons (Fsp3) is 0.0862. The third-order valence-electron chi connectivity index (χ3n) is 12.7. The van der Waals surface area contributed by atoms with Crippen molar-refractivity contribution in [3.63, 3.8) is 0 Å². The fourth-order valence-corrected chi connectivity index (χ4v) is 8.95. The molecule has 0 saturated carbocycles. The number of anilines is 2. The van der Waals surface area contributed by atoms with Gasteiger partial charge in [0.2, 0.25) is 5.91 Å². The summed E-state index contributed by atoms with van der Waals surface area (Å²) >= 11 is 0. The summed E-state index contributed by atoms with van der Waals surface area (Å²) in [7, 11) is 0. The maximum absolute atomic E-state index is 15.2. The van der Waals surface area contributed by atoms with E-state index in [4.69, 9.17) is 16.4 Å². The van der Waals surface area contributed by atoms with Crippen LogP contribution in [0.5, 0.6) is 0 Å². The van der Waals surface area contributed by atoms with Crippen molar-refractivity contribution in [2.75, 3.05) is 11.1 Å². The number of hydrogen-bond donors (Lipinski definition) is 7. The van der Waals surface area contributed by atoms with Crippen molar-refractivity contribution >= 4 is 41.0 Å². The largest absolute Gasteiger partial charge is 0.477 e. The number of carbonyl (C=O) groups is 5. The Morgan fingerprint density at radius 1 is 0.586 bits per heavy atom. The second-order valence-corrected chi connectivity index (χ2v) is 18.5. The number of benzene rings is 7. The molecule has 9 aromatic rings. The van der Waals surface area contributed by atoms with Crippen molar-refractivity contribution < 1.29 is 83.5 Å². The number of amides is 4. The standard InChI is InChI=1S/C26H18F4N4O2.C18H15FN4O.C7H2F3N3O.C7H3F3O2.FH.H2/c1-12-10-31-25(33-12)17-5-4-15(18-11-32-26(36)23(17)18)16-3-2-13(6-19(16)28)7-22(35)34-24-20(29)8-14(27)9-21(24)30;1-9-7-21-17(23-9)13-5-4-11(14-8-22-18(24)16(13)14)12-3-2-10(20)6-15(12)19;8-3-1-4(9)6(5(10)2-3)7(14)12-13-11;8-3-1-4(9)6(7(11)12)5(10)2-3;;/h2-6,8-10H,7,11H2,1H3,(H,31,33)(H,32,36)(H,34,35);2-7H,8,20H2,1H3,(H,21,23)(H,22,24);1-2H;1-2H,(H,11,12);2*1H/i;;;;;1+1. The van der Waals surface area contributed by atoms with E-state index in [1.165, 1.54) is 18.2 Å². The van der Waals surface area contributed by atoms with E-state index >= 15 is 4.39 Å². The normalized spacial score (nSPS) is 11.6. The first kappa shape index (κ1) is 63.4. The molecule has 29 heteroatoms. The first-order chi connectivity index (χ1) is 40.8. The molecule has 0 bridgehead atoms. The lowest BCUT2D eigenvalue weighted by Crippen LogP contribution is -2.17. The number of rotatable bonds is 9. The number of aromatic nitrogens is 4. The number of nitrogens with two attached hydrogens (primary N) is 1. The number of hydrogen-bond acceptors (Lipinski definition) is 8. The van der Waals surface area contributed by atoms with Crippen molar-refractivity contribution in [1.82, 2.24) is 30.6 Å². The molecule has 4 amide bonds. The van der Waals surface area contributed by atoms with Gasteiger partial charge in [-0.05, 0) is 88.7 Å². The van der Waals surface area contributed by atoms with E-state index in [2.05, 4.69) is 40.6 Å². The lowest BCUT2D eigenvalue weighted by Gasteiger charge is -2.13. The zero-order valence-corrected chi connectivity index (χ0v) is 44.4. The van der Waals surface area contributed by atoms with Crippen LogP contribution in [0.2, 0.25) is 0 Å². The Balaban J connectivity index is 0.000000204. The zero-order valence-electron chi connectivity index (χ0n) is 44.4. The number of H-pyrrole nitrogens is 2. The zero-order chi connectivity index (χ0) is 62.4. The molecule has 17 nitrogen and oxygen atoms in total. The number of fused-ring (bicyclic) bond motifs is 2. The minimum atomic E-state index is -1.76. The fourth-order valence-electron chi connectivity index (χ4n) is 8.95.